The highest BCUT2D eigenvalue weighted by Crippen LogP contribution is -0.240. The van der Waals surface area contributed by atoms with E-state index in [0.717, 1.165) is 0 Å². The Balaban J connectivity index is 0. The minimum atomic E-state index is 0. The lowest BCUT2D eigenvalue weighted by Crippen LogP contribution is -0.382. The number of hydrogen-bond acceptors (Lipinski definition) is 0. The van der Waals surface area contributed by atoms with Crippen molar-refractivity contribution in [3.63, 3.8) is 0 Å². The zero-order valence-corrected chi connectivity index (χ0v) is 25.0. The average Bonchev–Trinajstić information content (AvgIpc) is 0. The van der Waals surface area contributed by atoms with Gasteiger partial charge in [-0.15, -0.1) is 0 Å². The molecule has 0 atom stereocenters. The van der Waals surface area contributed by atoms with E-state index in [1.54, 1.807) is 0 Å². The molecular weight excluding hydrogens is 849 g/mol. The van der Waals surface area contributed by atoms with E-state index in [9.17, 15) is 0 Å². The average molecular weight is 953 g/mol. The smallest absolute Gasteiger partial charge is 0.316 e. The van der Waals surface area contributed by atoms with Crippen LogP contribution in [0, 0.1) is 0 Å². The van der Waals surface area contributed by atoms with Gasteiger partial charge in [-0.05, 0) is 0 Å². The van der Waals surface area contributed by atoms with E-state index in [0.29, 0.717) is 0 Å². The van der Waals surface area contributed by atoms with Crippen LogP contribution in [0.4, 0.5) is 0 Å². The first-order chi connectivity index (χ1) is 0. The fourth-order valence-corrected chi connectivity index (χ4v) is 0. The van der Waals surface area contributed by atoms with Crippen LogP contribution in [-0.2, 0) is 0 Å². The van der Waals surface area contributed by atoms with Gasteiger partial charge >= 0.3 is 46.1 Å². The molecule has 0 bridgehead atoms. The van der Waals surface area contributed by atoms with Crippen LogP contribution in [0.5, 0.6) is 0 Å². The lowest BCUT2D eigenvalue weighted by atomic mass is 16.0. The van der Waals surface area contributed by atoms with Crippen LogP contribution in [0.1, 0.15) is 0 Å². The van der Waals surface area contributed by atoms with Gasteiger partial charge in [-0.25, -0.2) is 0 Å². The minimum Gasteiger partial charge on any atom is -0.412 e. The Hall–Kier alpha value is -0.468. The van der Waals surface area contributed by atoms with E-state index in [1.165, 1.54) is 0 Å². The number of hydrogen-bond donors (Lipinski definition) is 0. The Bertz CT molecular complexity index is 12.2. The normalized spacial score (nSPS) is 0. The van der Waals surface area contributed by atoms with E-state index in [-0.39, 0.29) is 320 Å². The van der Waals surface area contributed by atoms with Crippen molar-refractivity contribution in [3.05, 3.63) is 0 Å². The van der Waals surface area contributed by atoms with Gasteiger partial charge in [0.25, 0.3) is 0 Å². The van der Waals surface area contributed by atoms with Gasteiger partial charge < -0.3 is 274 Å². The summed E-state index contributed by atoms with van der Waals surface area (Å²) in [5.41, 5.74) is 0. The second-order valence-corrected chi connectivity index (χ2v) is 0. The third-order valence-corrected chi connectivity index (χ3v) is 0. The molecule has 0 spiro atoms. The van der Waals surface area contributed by atoms with Gasteiger partial charge in [0.05, 0.1) is 0 Å². The molecule has 100 N–H and O–H groups in total. The summed E-state index contributed by atoms with van der Waals surface area (Å²) in [5, 5.41) is 0. The molecule has 0 unspecified atom stereocenters. The van der Waals surface area contributed by atoms with E-state index >= 15 is 0 Å². The Morgan fingerprint density at radius 1 is 0.0385 bits per heavy atom. The minimum absolute atomic E-state index is 0. The topological polar surface area (TPSA) is 1580 Å². The van der Waals surface area contributed by atoms with Crippen LogP contribution < -0.4 is 0 Å². The molecule has 0 aliphatic carbocycles. The van der Waals surface area contributed by atoms with Crippen molar-refractivity contribution in [3.8, 4) is 0 Å². The summed E-state index contributed by atoms with van der Waals surface area (Å²) in [6.45, 7) is 0. The van der Waals surface area contributed by atoms with Crippen LogP contribution in [-0.4, -0.2) is 320 Å². The molecule has 0 rings (SSSR count). The maximum atomic E-state index is 0. The molecule has 0 aliphatic rings. The quantitative estimate of drug-likeness (QED) is 0.204. The fraction of sp³-hybridized carbons (Fsp3) is 0. The summed E-state index contributed by atoms with van der Waals surface area (Å²) < 4.78 is 0. The number of rotatable bonds is 0. The predicted molar refractivity (Wildman–Crippen MR) is 198 cm³/mol. The van der Waals surface area contributed by atoms with E-state index in [4.69, 9.17) is 0 Å². The summed E-state index contributed by atoms with van der Waals surface area (Å²) in [6, 6.07) is 0. The third-order valence-electron chi connectivity index (χ3n) is 0. The molecule has 408 valence electrons. The van der Waals surface area contributed by atoms with Crippen LogP contribution in [0.3, 0.4) is 0 Å². The summed E-state index contributed by atoms with van der Waals surface area (Å²) in [4.78, 5) is 0. The van der Waals surface area contributed by atoms with Crippen molar-refractivity contribution in [1.82, 2.24) is 0 Å². The van der Waals surface area contributed by atoms with Crippen molar-refractivity contribution in [2.75, 3.05) is 0 Å². The summed E-state index contributed by atoms with van der Waals surface area (Å²) in [5.74, 6) is 0. The molecule has 52 heavy (non-hydrogen) atoms. The van der Waals surface area contributed by atoms with Gasteiger partial charge in [-0.1, -0.05) is 0 Å². The van der Waals surface area contributed by atoms with E-state index in [2.05, 4.69) is 0 Å². The Kier molecular flexibility index (Phi) is 6570000000. The first kappa shape index (κ1) is 602000. The highest BCUT2D eigenvalue weighted by atomic mass is 24.3. The molecule has 52 heteroatoms. The van der Waals surface area contributed by atoms with Gasteiger partial charge in [0.1, 0.15) is 0 Å². The van der Waals surface area contributed by atoms with Crippen LogP contribution in [0.15, 0.2) is 0 Å². The molecule has 0 saturated heterocycles. The Morgan fingerprint density at radius 3 is 0.0385 bits per heavy atom. The molecule has 0 saturated carbocycles. The maximum Gasteiger partial charge on any atom is 0.316 e. The van der Waals surface area contributed by atoms with Gasteiger partial charge in [0.15, 0.2) is 0 Å². The zero-order valence-electron chi connectivity index (χ0n) is 25.0. The summed E-state index contributed by atoms with van der Waals surface area (Å²) >= 11 is 0. The summed E-state index contributed by atoms with van der Waals surface area (Å²) in [7, 11) is 0. The third kappa shape index (κ3) is 534000. The highest BCUT2D eigenvalue weighted by molar-refractivity contribution is 5.76. The lowest BCUT2D eigenvalue weighted by molar-refractivity contribution is 0.823. The fourth-order valence-electron chi connectivity index (χ4n) is 0. The van der Waals surface area contributed by atoms with Crippen LogP contribution in [0.2, 0.25) is 0 Å². The Labute approximate surface area is 320 Å². The summed E-state index contributed by atoms with van der Waals surface area (Å²) in [6.07, 6.45) is 0. The van der Waals surface area contributed by atoms with Gasteiger partial charge in [0, 0.05) is 0 Å². The molecular formula is H104Mg2O50. The first-order valence-corrected chi connectivity index (χ1v) is 0. The van der Waals surface area contributed by atoms with Crippen LogP contribution in [0.25, 0.3) is 0 Å². The first-order valence-electron chi connectivity index (χ1n) is 0. The maximum absolute atomic E-state index is 0. The highest BCUT2D eigenvalue weighted by Gasteiger charge is 0.317. The molecule has 0 aromatic rings. The molecule has 50 nitrogen and oxygen atoms in total. The van der Waals surface area contributed by atoms with E-state index in [1.807, 2.05) is 0 Å². The standard InChI is InChI=1S/2Mg.50H2O.4H/h;;50*1H2;;;;. The largest absolute Gasteiger partial charge is 0.412 e. The monoisotopic (exact) mass is 953 g/mol. The van der Waals surface area contributed by atoms with Crippen molar-refractivity contribution in [2.24, 2.45) is 0 Å². The van der Waals surface area contributed by atoms with Crippen molar-refractivity contribution < 1.29 is 274 Å². The zero-order chi connectivity index (χ0) is 0. The van der Waals surface area contributed by atoms with Crippen LogP contribution >= 0.6 is 0 Å². The van der Waals surface area contributed by atoms with Crippen molar-refractivity contribution >= 4 is 46.1 Å². The molecule has 0 radical (unpaired) electrons. The molecule has 0 aromatic carbocycles. The SMILES string of the molecule is O.O.O.O.O.O.O.O.O.O.O.O.O.O.O.O.O.O.O.O.O.O.O.O.O.O.O.O.O.O.O.O.O.O.O.O.O.O.O.O.O.O.O.O.O.O.O.O.O.O.[MgH2].[MgH2]. The van der Waals surface area contributed by atoms with Gasteiger partial charge in [-0.3, -0.25) is 0 Å². The lowest BCUT2D eigenvalue weighted by Gasteiger charge is -0.413. The van der Waals surface area contributed by atoms with E-state index < -0.39 is 0 Å². The van der Waals surface area contributed by atoms with Crippen molar-refractivity contribution in [2.45, 2.75) is 0 Å². The second kappa shape index (κ2) is 567000. The van der Waals surface area contributed by atoms with Gasteiger partial charge in [0.2, 0.25) is 0 Å². The van der Waals surface area contributed by atoms with Gasteiger partial charge in [-0.2, -0.15) is 0 Å². The second-order valence-electron chi connectivity index (χ2n) is 0. The predicted octanol–water partition coefficient (Wildman–Crippen LogP) is -43.1. The molecule has 0 amide bonds. The molecule has 0 aliphatic heterocycles. The van der Waals surface area contributed by atoms with Crippen molar-refractivity contribution in [1.29, 1.82) is 0 Å². The molecule has 0 heterocycles. The molecule has 0 fully saturated rings. The Morgan fingerprint density at radius 2 is 0.0385 bits per heavy atom. The molecule has 0 aromatic heterocycles.